The quantitative estimate of drug-likeness (QED) is 0.331. The van der Waals surface area contributed by atoms with Gasteiger partial charge in [0.1, 0.15) is 11.9 Å². The van der Waals surface area contributed by atoms with E-state index in [9.17, 15) is 14.4 Å². The van der Waals surface area contributed by atoms with Gasteiger partial charge >= 0.3 is 0 Å². The predicted octanol–water partition coefficient (Wildman–Crippen LogP) is 4.96. The number of nitrogens with zero attached hydrogens (tertiary/aromatic N) is 5. The first-order valence-electron chi connectivity index (χ1n) is 15.6. The number of hydrogen-bond acceptors (Lipinski definition) is 6. The topological polar surface area (TPSA) is 122 Å². The molecule has 3 heterocycles. The van der Waals surface area contributed by atoms with Crippen LogP contribution in [-0.2, 0) is 16.1 Å². The third kappa shape index (κ3) is 7.63. The minimum Gasteiger partial charge on any atom is -0.345 e. The number of aryl methyl sites for hydroxylation is 1. The molecule has 0 saturated carbocycles. The van der Waals surface area contributed by atoms with Crippen molar-refractivity contribution in [2.24, 2.45) is 5.92 Å². The Morgan fingerprint density at radius 2 is 1.62 bits per heavy atom. The first-order chi connectivity index (χ1) is 21.7. The van der Waals surface area contributed by atoms with Crippen LogP contribution in [0, 0.1) is 12.8 Å². The molecule has 0 unspecified atom stereocenters. The second kappa shape index (κ2) is 14.3. The van der Waals surface area contributed by atoms with Gasteiger partial charge in [-0.25, -0.2) is 9.67 Å². The van der Waals surface area contributed by atoms with Crippen LogP contribution in [0.4, 0.5) is 0 Å². The zero-order valence-electron chi connectivity index (χ0n) is 26.4. The van der Waals surface area contributed by atoms with Crippen molar-refractivity contribution >= 4 is 17.7 Å². The SMILES string of the molecule is Cc1nccc(-c2ccccc2)c1C(=O)N1CCCC(=O)N[C@H](CC(C)C)C(=O)N[C@H](C)c2nc(-c3ccccc3)nn2CC1. The standard InChI is InChI=1S/C35H41N7O3/c1-23(2)22-29-34(44)37-25(4)33-39-32(27-14-9-6-10-15-27)40-42(33)21-20-41(19-11-16-30(43)38-29)35(45)31-24(3)36-18-17-28(31)26-12-7-5-8-13-26/h5-10,12-15,17-18,23,25,29H,11,16,19-22H2,1-4H3,(H,37,44)(H,38,43)/t25-,29-/m1/s1. The third-order valence-corrected chi connectivity index (χ3v) is 7.98. The summed E-state index contributed by atoms with van der Waals surface area (Å²) in [6, 6.07) is 20.2. The molecule has 3 amide bonds. The van der Waals surface area contributed by atoms with Gasteiger partial charge in [0.2, 0.25) is 11.8 Å². The molecule has 4 aromatic rings. The zero-order valence-corrected chi connectivity index (χ0v) is 26.4. The number of carbonyl (C=O) groups excluding carboxylic acids is 3. The lowest BCUT2D eigenvalue weighted by Crippen LogP contribution is -2.48. The molecule has 0 spiro atoms. The molecule has 0 saturated heterocycles. The number of hydrogen-bond donors (Lipinski definition) is 2. The van der Waals surface area contributed by atoms with E-state index in [1.165, 1.54) is 0 Å². The van der Waals surface area contributed by atoms with Gasteiger partial charge in [-0.2, -0.15) is 5.10 Å². The van der Waals surface area contributed by atoms with Gasteiger partial charge in [0.15, 0.2) is 5.82 Å². The monoisotopic (exact) mass is 607 g/mol. The van der Waals surface area contributed by atoms with Gasteiger partial charge in [-0.3, -0.25) is 19.4 Å². The second-order valence-electron chi connectivity index (χ2n) is 11.9. The molecular formula is C35H41N7O3. The summed E-state index contributed by atoms with van der Waals surface area (Å²) in [6.45, 7) is 8.77. The minimum atomic E-state index is -0.683. The van der Waals surface area contributed by atoms with Gasteiger partial charge in [0.05, 0.1) is 23.8 Å². The van der Waals surface area contributed by atoms with Crippen LogP contribution in [0.2, 0.25) is 0 Å². The van der Waals surface area contributed by atoms with E-state index >= 15 is 0 Å². The third-order valence-electron chi connectivity index (χ3n) is 7.98. The van der Waals surface area contributed by atoms with Crippen molar-refractivity contribution in [1.82, 2.24) is 35.3 Å². The Bertz CT molecular complexity index is 1640. The molecule has 2 N–H and O–H groups in total. The number of rotatable bonds is 5. The summed E-state index contributed by atoms with van der Waals surface area (Å²) in [6.07, 6.45) is 2.84. The van der Waals surface area contributed by atoms with Crippen LogP contribution in [0.25, 0.3) is 22.5 Å². The molecule has 2 aromatic carbocycles. The van der Waals surface area contributed by atoms with Crippen molar-refractivity contribution in [3.8, 4) is 22.5 Å². The van der Waals surface area contributed by atoms with Gasteiger partial charge in [0.25, 0.3) is 5.91 Å². The number of benzene rings is 2. The summed E-state index contributed by atoms with van der Waals surface area (Å²) in [5.41, 5.74) is 3.77. The van der Waals surface area contributed by atoms with Gasteiger partial charge in [-0.1, -0.05) is 74.5 Å². The Balaban J connectivity index is 1.52. The molecule has 10 heteroatoms. The van der Waals surface area contributed by atoms with Gasteiger partial charge in [-0.15, -0.1) is 0 Å². The highest BCUT2D eigenvalue weighted by Gasteiger charge is 2.28. The smallest absolute Gasteiger partial charge is 0.256 e. The van der Waals surface area contributed by atoms with E-state index in [0.29, 0.717) is 55.4 Å². The molecule has 0 aliphatic carbocycles. The second-order valence-corrected chi connectivity index (χ2v) is 11.9. The zero-order chi connectivity index (χ0) is 31.9. The maximum Gasteiger partial charge on any atom is 0.256 e. The molecule has 0 bridgehead atoms. The van der Waals surface area contributed by atoms with E-state index in [2.05, 4.69) is 15.6 Å². The normalized spacial score (nSPS) is 18.1. The Morgan fingerprint density at radius 3 is 2.31 bits per heavy atom. The molecule has 1 aliphatic heterocycles. The number of pyridine rings is 1. The van der Waals surface area contributed by atoms with E-state index in [1.54, 1.807) is 15.8 Å². The molecule has 45 heavy (non-hydrogen) atoms. The van der Waals surface area contributed by atoms with Crippen LogP contribution in [0.3, 0.4) is 0 Å². The number of carbonyl (C=O) groups is 3. The molecule has 1 aliphatic rings. The fourth-order valence-corrected chi connectivity index (χ4v) is 5.71. The Labute approximate surface area is 264 Å². The summed E-state index contributed by atoms with van der Waals surface area (Å²) in [5.74, 6) is 0.674. The van der Waals surface area contributed by atoms with Crippen molar-refractivity contribution < 1.29 is 14.4 Å². The highest BCUT2D eigenvalue weighted by molar-refractivity contribution is 6.01. The Hall–Kier alpha value is -4.86. The number of fused-ring (bicyclic) bond motifs is 1. The van der Waals surface area contributed by atoms with E-state index < -0.39 is 12.1 Å². The largest absolute Gasteiger partial charge is 0.345 e. The summed E-state index contributed by atoms with van der Waals surface area (Å²) in [4.78, 5) is 51.9. The van der Waals surface area contributed by atoms with E-state index in [-0.39, 0.29) is 30.1 Å². The first-order valence-corrected chi connectivity index (χ1v) is 15.6. The Morgan fingerprint density at radius 1 is 0.933 bits per heavy atom. The highest BCUT2D eigenvalue weighted by Crippen LogP contribution is 2.27. The van der Waals surface area contributed by atoms with Crippen LogP contribution in [-0.4, -0.2) is 61.5 Å². The molecular weight excluding hydrogens is 566 g/mol. The van der Waals surface area contributed by atoms with Crippen molar-refractivity contribution in [3.05, 3.63) is 90.0 Å². The molecule has 5 rings (SSSR count). The van der Waals surface area contributed by atoms with Crippen molar-refractivity contribution in [1.29, 1.82) is 0 Å². The van der Waals surface area contributed by atoms with E-state index in [4.69, 9.17) is 10.1 Å². The number of amides is 3. The van der Waals surface area contributed by atoms with Crippen LogP contribution in [0.5, 0.6) is 0 Å². The average molecular weight is 608 g/mol. The summed E-state index contributed by atoms with van der Waals surface area (Å²) in [7, 11) is 0. The number of nitrogens with one attached hydrogen (secondary N) is 2. The maximum absolute atomic E-state index is 14.3. The van der Waals surface area contributed by atoms with Gasteiger partial charge < -0.3 is 15.5 Å². The summed E-state index contributed by atoms with van der Waals surface area (Å²) in [5, 5.41) is 10.8. The van der Waals surface area contributed by atoms with Crippen molar-refractivity contribution in [3.63, 3.8) is 0 Å². The lowest BCUT2D eigenvalue weighted by Gasteiger charge is -2.27. The molecule has 2 atom stereocenters. The van der Waals surface area contributed by atoms with Gasteiger partial charge in [-0.05, 0) is 49.8 Å². The summed E-state index contributed by atoms with van der Waals surface area (Å²) < 4.78 is 1.78. The van der Waals surface area contributed by atoms with Crippen LogP contribution >= 0.6 is 0 Å². The fraction of sp³-hybridized carbons (Fsp3) is 0.371. The molecule has 234 valence electrons. The molecule has 0 fully saturated rings. The van der Waals surface area contributed by atoms with E-state index in [0.717, 1.165) is 16.7 Å². The summed E-state index contributed by atoms with van der Waals surface area (Å²) >= 11 is 0. The highest BCUT2D eigenvalue weighted by atomic mass is 16.2. The fourth-order valence-electron chi connectivity index (χ4n) is 5.71. The van der Waals surface area contributed by atoms with Crippen LogP contribution in [0.1, 0.15) is 68.0 Å². The van der Waals surface area contributed by atoms with E-state index in [1.807, 2.05) is 94.4 Å². The minimum absolute atomic E-state index is 0.157. The van der Waals surface area contributed by atoms with Gasteiger partial charge in [0, 0.05) is 31.3 Å². The molecule has 0 radical (unpaired) electrons. The molecule has 10 nitrogen and oxygen atoms in total. The van der Waals surface area contributed by atoms with Crippen LogP contribution < -0.4 is 10.6 Å². The lowest BCUT2D eigenvalue weighted by atomic mass is 9.98. The lowest BCUT2D eigenvalue weighted by molar-refractivity contribution is -0.129. The average Bonchev–Trinajstić information content (AvgIpc) is 3.46. The maximum atomic E-state index is 14.3. The predicted molar refractivity (Wildman–Crippen MR) is 173 cm³/mol. The van der Waals surface area contributed by atoms with Crippen molar-refractivity contribution in [2.75, 3.05) is 13.1 Å². The Kier molecular flexibility index (Phi) is 10.0. The van der Waals surface area contributed by atoms with Crippen LogP contribution in [0.15, 0.2) is 72.9 Å². The molecule has 2 aromatic heterocycles. The first kappa shape index (κ1) is 31.6. The van der Waals surface area contributed by atoms with Crippen molar-refractivity contribution in [2.45, 2.75) is 65.6 Å². The number of aromatic nitrogens is 4.